The van der Waals surface area contributed by atoms with Crippen LogP contribution in [0.1, 0.15) is 0 Å². The van der Waals surface area contributed by atoms with Crippen molar-refractivity contribution in [3.8, 4) is 39.1 Å². The molecule has 0 N–H and O–H groups in total. The Morgan fingerprint density at radius 1 is 0.333 bits per heavy atom. The van der Waals surface area contributed by atoms with Gasteiger partial charge in [0.2, 0.25) is 0 Å². The molecule has 0 radical (unpaired) electrons. The Hall–Kier alpha value is -7.16. The zero-order valence-corrected chi connectivity index (χ0v) is 29.7. The van der Waals surface area contributed by atoms with E-state index in [4.69, 9.17) is 0 Å². The average Bonchev–Trinajstić information content (AvgIpc) is 3.59. The minimum Gasteiger partial charge on any atom is -0.309 e. The lowest BCUT2D eigenvalue weighted by Gasteiger charge is -2.29. The Labute approximate surface area is 315 Å². The number of rotatable bonds is 7. The summed E-state index contributed by atoms with van der Waals surface area (Å²) in [4.78, 5) is 2.46. The van der Waals surface area contributed by atoms with Crippen molar-refractivity contribution >= 4 is 49.6 Å². The van der Waals surface area contributed by atoms with Gasteiger partial charge in [-0.2, -0.15) is 0 Å². The number of benzene rings is 9. The Balaban J connectivity index is 1.29. The standard InChI is InChI=1S/C52H36N2/c1-4-17-37(18-5-1)42-32-34-45(40-22-8-3-9-23-40)51(36-42)54-48-28-15-13-26-46(48)52-49(29-16-30-50(52)54)53(43-33-31-38-19-10-11-24-41(38)35-43)47-27-14-12-25-44(47)39-20-6-2-7-21-39/h1-36H. The van der Waals surface area contributed by atoms with Crippen LogP contribution in [0.2, 0.25) is 0 Å². The molecule has 0 bridgehead atoms. The van der Waals surface area contributed by atoms with Gasteiger partial charge in [0.1, 0.15) is 0 Å². The van der Waals surface area contributed by atoms with Crippen molar-refractivity contribution in [2.24, 2.45) is 0 Å². The third-order valence-electron chi connectivity index (χ3n) is 10.6. The first-order chi connectivity index (χ1) is 26.8. The SMILES string of the molecule is c1ccc(-c2ccc(-c3ccccc3)c(-n3c4ccccc4c4c(N(c5ccc6ccccc6c5)c5ccccc5-c5ccccc5)cccc43)c2)cc1. The summed E-state index contributed by atoms with van der Waals surface area (Å²) in [6.45, 7) is 0. The second-order valence-electron chi connectivity index (χ2n) is 13.7. The number of hydrogen-bond donors (Lipinski definition) is 0. The summed E-state index contributed by atoms with van der Waals surface area (Å²) in [5.41, 5.74) is 13.9. The van der Waals surface area contributed by atoms with Crippen LogP contribution < -0.4 is 4.90 Å². The molecule has 0 fully saturated rings. The van der Waals surface area contributed by atoms with Crippen LogP contribution in [0.3, 0.4) is 0 Å². The van der Waals surface area contributed by atoms with E-state index in [-0.39, 0.29) is 0 Å². The molecule has 2 nitrogen and oxygen atoms in total. The molecule has 0 amide bonds. The lowest BCUT2D eigenvalue weighted by Crippen LogP contribution is -2.11. The molecular weight excluding hydrogens is 653 g/mol. The number of hydrogen-bond acceptors (Lipinski definition) is 1. The van der Waals surface area contributed by atoms with Crippen molar-refractivity contribution in [2.45, 2.75) is 0 Å². The number of aromatic nitrogens is 1. The minimum absolute atomic E-state index is 1.11. The van der Waals surface area contributed by atoms with Gasteiger partial charge in [-0.05, 0) is 75.5 Å². The van der Waals surface area contributed by atoms with Crippen LogP contribution in [-0.4, -0.2) is 4.57 Å². The molecule has 0 aliphatic carbocycles. The molecule has 0 aliphatic heterocycles. The van der Waals surface area contributed by atoms with Gasteiger partial charge in [-0.15, -0.1) is 0 Å². The molecule has 10 rings (SSSR count). The van der Waals surface area contributed by atoms with Gasteiger partial charge < -0.3 is 9.47 Å². The second kappa shape index (κ2) is 13.4. The molecular formula is C52H36N2. The molecule has 254 valence electrons. The fraction of sp³-hybridized carbons (Fsp3) is 0. The average molecular weight is 689 g/mol. The molecule has 0 saturated carbocycles. The molecule has 0 spiro atoms. The monoisotopic (exact) mass is 688 g/mol. The first kappa shape index (κ1) is 31.6. The third-order valence-corrected chi connectivity index (χ3v) is 10.6. The smallest absolute Gasteiger partial charge is 0.0562 e. The Morgan fingerprint density at radius 2 is 0.926 bits per heavy atom. The van der Waals surface area contributed by atoms with E-state index in [9.17, 15) is 0 Å². The first-order valence-electron chi connectivity index (χ1n) is 18.5. The third kappa shape index (κ3) is 5.44. The zero-order chi connectivity index (χ0) is 35.8. The predicted molar refractivity (Wildman–Crippen MR) is 229 cm³/mol. The van der Waals surface area contributed by atoms with Crippen molar-refractivity contribution in [1.82, 2.24) is 4.57 Å². The predicted octanol–water partition coefficient (Wildman–Crippen LogP) is 14.4. The highest BCUT2D eigenvalue weighted by molar-refractivity contribution is 6.17. The molecule has 1 heterocycles. The zero-order valence-electron chi connectivity index (χ0n) is 29.7. The van der Waals surface area contributed by atoms with Crippen LogP contribution in [0.5, 0.6) is 0 Å². The van der Waals surface area contributed by atoms with Gasteiger partial charge in [-0.3, -0.25) is 0 Å². The largest absolute Gasteiger partial charge is 0.309 e. The van der Waals surface area contributed by atoms with Crippen molar-refractivity contribution in [2.75, 3.05) is 4.90 Å². The molecule has 54 heavy (non-hydrogen) atoms. The van der Waals surface area contributed by atoms with E-state index in [1.165, 1.54) is 54.9 Å². The molecule has 0 atom stereocenters. The van der Waals surface area contributed by atoms with Gasteiger partial charge in [0.15, 0.2) is 0 Å². The van der Waals surface area contributed by atoms with Crippen LogP contribution in [-0.2, 0) is 0 Å². The van der Waals surface area contributed by atoms with Gasteiger partial charge in [-0.25, -0.2) is 0 Å². The minimum atomic E-state index is 1.11. The van der Waals surface area contributed by atoms with Crippen LogP contribution in [0.25, 0.3) is 71.6 Å². The highest BCUT2D eigenvalue weighted by Gasteiger charge is 2.24. The maximum absolute atomic E-state index is 2.48. The van der Waals surface area contributed by atoms with E-state index >= 15 is 0 Å². The molecule has 2 heteroatoms. The lowest BCUT2D eigenvalue weighted by atomic mass is 9.98. The summed E-state index contributed by atoms with van der Waals surface area (Å²) < 4.78 is 2.48. The summed E-state index contributed by atoms with van der Waals surface area (Å²) in [5, 5.41) is 4.83. The Bertz CT molecular complexity index is 2930. The van der Waals surface area contributed by atoms with Crippen molar-refractivity contribution in [1.29, 1.82) is 0 Å². The molecule has 9 aromatic carbocycles. The molecule has 0 saturated heterocycles. The van der Waals surface area contributed by atoms with Gasteiger partial charge in [0, 0.05) is 27.6 Å². The fourth-order valence-corrected chi connectivity index (χ4v) is 8.09. The number of para-hydroxylation sites is 2. The summed E-state index contributed by atoms with van der Waals surface area (Å²) >= 11 is 0. The molecule has 10 aromatic rings. The normalized spacial score (nSPS) is 11.3. The van der Waals surface area contributed by atoms with E-state index in [0.29, 0.717) is 0 Å². The van der Waals surface area contributed by atoms with Crippen LogP contribution in [0.15, 0.2) is 218 Å². The number of anilines is 3. The Kier molecular flexibility index (Phi) is 7.85. The van der Waals surface area contributed by atoms with Crippen molar-refractivity contribution < 1.29 is 0 Å². The number of fused-ring (bicyclic) bond motifs is 4. The van der Waals surface area contributed by atoms with E-state index in [0.717, 1.165) is 33.8 Å². The lowest BCUT2D eigenvalue weighted by molar-refractivity contribution is 1.18. The highest BCUT2D eigenvalue weighted by Crippen LogP contribution is 2.47. The van der Waals surface area contributed by atoms with E-state index < -0.39 is 0 Å². The topological polar surface area (TPSA) is 8.17 Å². The van der Waals surface area contributed by atoms with E-state index in [2.05, 4.69) is 228 Å². The maximum atomic E-state index is 2.48. The van der Waals surface area contributed by atoms with Crippen molar-refractivity contribution in [3.05, 3.63) is 218 Å². The van der Waals surface area contributed by atoms with Crippen LogP contribution >= 0.6 is 0 Å². The second-order valence-corrected chi connectivity index (χ2v) is 13.7. The fourth-order valence-electron chi connectivity index (χ4n) is 8.09. The molecule has 1 aromatic heterocycles. The summed E-state index contributed by atoms with van der Waals surface area (Å²) in [6.07, 6.45) is 0. The maximum Gasteiger partial charge on any atom is 0.0562 e. The van der Waals surface area contributed by atoms with Gasteiger partial charge >= 0.3 is 0 Å². The summed E-state index contributed by atoms with van der Waals surface area (Å²) in [6, 6.07) is 79.0. The first-order valence-corrected chi connectivity index (χ1v) is 18.5. The summed E-state index contributed by atoms with van der Waals surface area (Å²) in [5.74, 6) is 0. The quantitative estimate of drug-likeness (QED) is 0.162. The van der Waals surface area contributed by atoms with Gasteiger partial charge in [-0.1, -0.05) is 176 Å². The van der Waals surface area contributed by atoms with E-state index in [1.54, 1.807) is 0 Å². The van der Waals surface area contributed by atoms with Crippen LogP contribution in [0, 0.1) is 0 Å². The van der Waals surface area contributed by atoms with Gasteiger partial charge in [0.05, 0.1) is 28.1 Å². The number of nitrogens with zero attached hydrogens (tertiary/aromatic N) is 2. The Morgan fingerprint density at radius 3 is 1.70 bits per heavy atom. The summed E-state index contributed by atoms with van der Waals surface area (Å²) in [7, 11) is 0. The van der Waals surface area contributed by atoms with Crippen molar-refractivity contribution in [3.63, 3.8) is 0 Å². The highest BCUT2D eigenvalue weighted by atomic mass is 15.2. The van der Waals surface area contributed by atoms with Crippen LogP contribution in [0.4, 0.5) is 17.1 Å². The molecule has 0 unspecified atom stereocenters. The van der Waals surface area contributed by atoms with E-state index in [1.807, 2.05) is 0 Å². The molecule has 0 aliphatic rings. The van der Waals surface area contributed by atoms with Gasteiger partial charge in [0.25, 0.3) is 0 Å².